The average Bonchev–Trinajstić information content (AvgIpc) is 2.98. The molecule has 0 radical (unpaired) electrons. The van der Waals surface area contributed by atoms with Gasteiger partial charge in [0.2, 0.25) is 17.7 Å². The van der Waals surface area contributed by atoms with Gasteiger partial charge in [-0.2, -0.15) is 0 Å². The smallest absolute Gasteiger partial charge is 0.247 e. The molecular formula is C24H35N3O4S. The van der Waals surface area contributed by atoms with Crippen LogP contribution in [0.4, 0.5) is 0 Å². The maximum atomic E-state index is 14.2. The van der Waals surface area contributed by atoms with Crippen molar-refractivity contribution in [1.29, 1.82) is 0 Å². The van der Waals surface area contributed by atoms with Crippen LogP contribution in [-0.2, 0) is 14.4 Å². The first kappa shape index (κ1) is 23.4. The molecule has 0 aromatic heterocycles. The molecular weight excluding hydrogens is 426 g/mol. The number of likely N-dealkylation sites (tertiary alicyclic amines) is 1. The highest BCUT2D eigenvalue weighted by atomic mass is 32.2. The number of likely N-dealkylation sites (N-methyl/N-ethyl adjacent to an activating group) is 1. The van der Waals surface area contributed by atoms with E-state index >= 15 is 0 Å². The summed E-state index contributed by atoms with van der Waals surface area (Å²) in [4.78, 5) is 46.8. The lowest BCUT2D eigenvalue weighted by Gasteiger charge is -2.41. The molecule has 4 heterocycles. The van der Waals surface area contributed by atoms with Crippen molar-refractivity contribution < 1.29 is 19.5 Å². The van der Waals surface area contributed by atoms with Crippen molar-refractivity contribution in [3.8, 4) is 0 Å². The van der Waals surface area contributed by atoms with Gasteiger partial charge in [0.15, 0.2) is 0 Å². The summed E-state index contributed by atoms with van der Waals surface area (Å²) in [5.74, 6) is -1.60. The fourth-order valence-corrected chi connectivity index (χ4v) is 8.19. The number of aliphatic hydroxyl groups is 1. The molecule has 0 saturated carbocycles. The number of nitrogens with zero attached hydrogens (tertiary/aromatic N) is 3. The highest BCUT2D eigenvalue weighted by Gasteiger charge is 2.74. The van der Waals surface area contributed by atoms with Crippen LogP contribution in [0.2, 0.25) is 0 Å². The van der Waals surface area contributed by atoms with Crippen LogP contribution >= 0.6 is 11.8 Å². The Balaban J connectivity index is 1.94. The topological polar surface area (TPSA) is 81.2 Å². The molecule has 4 rings (SSSR count). The predicted octanol–water partition coefficient (Wildman–Crippen LogP) is 1.53. The van der Waals surface area contributed by atoms with Gasteiger partial charge in [-0.05, 0) is 26.7 Å². The van der Waals surface area contributed by atoms with Gasteiger partial charge in [-0.25, -0.2) is 0 Å². The third kappa shape index (κ3) is 3.09. The molecule has 1 spiro atoms. The fourth-order valence-electron chi connectivity index (χ4n) is 6.04. The summed E-state index contributed by atoms with van der Waals surface area (Å²) in [6.07, 6.45) is 8.07. The van der Waals surface area contributed by atoms with E-state index < -0.39 is 33.4 Å². The number of thioether (sulfide) groups is 1. The first-order valence-electron chi connectivity index (χ1n) is 11.5. The van der Waals surface area contributed by atoms with Crippen molar-refractivity contribution in [2.75, 3.05) is 26.7 Å². The van der Waals surface area contributed by atoms with Crippen molar-refractivity contribution in [3.05, 3.63) is 24.3 Å². The Hall–Kier alpha value is -1.80. The van der Waals surface area contributed by atoms with E-state index in [0.29, 0.717) is 13.1 Å². The minimum atomic E-state index is -0.849. The summed E-state index contributed by atoms with van der Waals surface area (Å²) < 4.78 is -1.44. The van der Waals surface area contributed by atoms with Gasteiger partial charge in [0.1, 0.15) is 6.04 Å². The zero-order chi connectivity index (χ0) is 23.6. The molecule has 2 saturated heterocycles. The Morgan fingerprint density at radius 2 is 1.69 bits per heavy atom. The third-order valence-corrected chi connectivity index (χ3v) is 9.46. The Labute approximate surface area is 194 Å². The van der Waals surface area contributed by atoms with E-state index in [1.165, 1.54) is 0 Å². The summed E-state index contributed by atoms with van der Waals surface area (Å²) in [7, 11) is 1.77. The molecule has 32 heavy (non-hydrogen) atoms. The Morgan fingerprint density at radius 1 is 1.03 bits per heavy atom. The zero-order valence-electron chi connectivity index (χ0n) is 19.8. The highest BCUT2D eigenvalue weighted by molar-refractivity contribution is 8.02. The number of hydrogen-bond donors (Lipinski definition) is 1. The van der Waals surface area contributed by atoms with Crippen LogP contribution in [0.25, 0.3) is 0 Å². The predicted molar refractivity (Wildman–Crippen MR) is 125 cm³/mol. The molecule has 0 bridgehead atoms. The summed E-state index contributed by atoms with van der Waals surface area (Å²) >= 11 is 1.58. The second kappa shape index (κ2) is 7.90. The van der Waals surface area contributed by atoms with E-state index in [-0.39, 0.29) is 36.3 Å². The molecule has 7 nitrogen and oxygen atoms in total. The van der Waals surface area contributed by atoms with Crippen LogP contribution in [0.1, 0.15) is 34.6 Å². The van der Waals surface area contributed by atoms with Gasteiger partial charge in [0.25, 0.3) is 0 Å². The van der Waals surface area contributed by atoms with Crippen molar-refractivity contribution in [2.24, 2.45) is 17.8 Å². The van der Waals surface area contributed by atoms with Crippen LogP contribution in [0, 0.1) is 17.8 Å². The fraction of sp³-hybridized carbons (Fsp3) is 0.708. The van der Waals surface area contributed by atoms with Gasteiger partial charge < -0.3 is 19.8 Å². The summed E-state index contributed by atoms with van der Waals surface area (Å²) in [5, 5.41) is 10.2. The Bertz CT molecular complexity index is 886. The zero-order valence-corrected chi connectivity index (χ0v) is 20.6. The summed E-state index contributed by atoms with van der Waals surface area (Å²) in [6.45, 7) is 10.6. The maximum Gasteiger partial charge on any atom is 0.247 e. The summed E-state index contributed by atoms with van der Waals surface area (Å²) in [6, 6.07) is -1.26. The van der Waals surface area contributed by atoms with Gasteiger partial charge in [0.05, 0.1) is 29.2 Å². The van der Waals surface area contributed by atoms with Gasteiger partial charge >= 0.3 is 0 Å². The van der Waals surface area contributed by atoms with Gasteiger partial charge in [-0.1, -0.05) is 38.2 Å². The van der Waals surface area contributed by atoms with E-state index in [1.54, 1.807) is 33.5 Å². The van der Waals surface area contributed by atoms with Crippen molar-refractivity contribution in [3.63, 3.8) is 0 Å². The molecule has 4 aliphatic heterocycles. The number of carbonyl (C=O) groups is 3. The number of carbonyl (C=O) groups excluding carboxylic acids is 3. The van der Waals surface area contributed by atoms with E-state index in [1.807, 2.05) is 52.8 Å². The average molecular weight is 462 g/mol. The molecule has 2 fully saturated rings. The second-order valence-electron chi connectivity index (χ2n) is 10.3. The quantitative estimate of drug-likeness (QED) is 0.642. The molecule has 176 valence electrons. The van der Waals surface area contributed by atoms with Crippen LogP contribution in [0.3, 0.4) is 0 Å². The van der Waals surface area contributed by atoms with Gasteiger partial charge in [-0.3, -0.25) is 14.4 Å². The minimum Gasteiger partial charge on any atom is -0.394 e. The first-order chi connectivity index (χ1) is 15.0. The number of rotatable bonds is 4. The van der Waals surface area contributed by atoms with Crippen LogP contribution in [0.5, 0.6) is 0 Å². The van der Waals surface area contributed by atoms with E-state index in [4.69, 9.17) is 0 Å². The highest BCUT2D eigenvalue weighted by Crippen LogP contribution is 2.65. The normalized spacial score (nSPS) is 37.7. The standard InChI is InChI=1S/C24H35N3O4S/c1-14(2)16(13-28)27-19-22(31)26(15(3)4)12-8-10-24(19)18(21(27)30)17-20(29)25(6)11-7-9-23(17,5)32-24/h7-10,14-19,28H,11-13H2,1-6H3/t16-,17-,18-,19?,23+,24-/m0/s1. The van der Waals surface area contributed by atoms with Gasteiger partial charge in [-0.15, -0.1) is 11.8 Å². The van der Waals surface area contributed by atoms with Crippen LogP contribution < -0.4 is 0 Å². The molecule has 1 N–H and O–H groups in total. The Kier molecular flexibility index (Phi) is 5.77. The third-order valence-electron chi connectivity index (χ3n) is 7.66. The van der Waals surface area contributed by atoms with Crippen molar-refractivity contribution in [1.82, 2.24) is 14.7 Å². The van der Waals surface area contributed by atoms with Gasteiger partial charge in [0, 0.05) is 30.9 Å². The molecule has 3 amide bonds. The monoisotopic (exact) mass is 461 g/mol. The van der Waals surface area contributed by atoms with Crippen molar-refractivity contribution >= 4 is 29.5 Å². The molecule has 0 aliphatic carbocycles. The Morgan fingerprint density at radius 3 is 2.28 bits per heavy atom. The molecule has 0 aromatic rings. The SMILES string of the molecule is CC(C)[C@H](CO)N1C(=O)[C@@H]2[C@H]3C(=O)N(C)CC=C[C@@]3(C)S[C@@]23C=CCN(C(C)C)C(=O)C13. The number of fused-ring (bicyclic) bond motifs is 2. The minimum absolute atomic E-state index is 0.0231. The second-order valence-corrected chi connectivity index (χ2v) is 12.1. The van der Waals surface area contributed by atoms with Crippen molar-refractivity contribution in [2.45, 2.75) is 62.2 Å². The van der Waals surface area contributed by atoms with Crippen LogP contribution in [0.15, 0.2) is 24.3 Å². The van der Waals surface area contributed by atoms with Crippen LogP contribution in [-0.4, -0.2) is 91.9 Å². The van der Waals surface area contributed by atoms with E-state index in [9.17, 15) is 19.5 Å². The largest absolute Gasteiger partial charge is 0.394 e. The molecule has 0 aromatic carbocycles. The van der Waals surface area contributed by atoms with E-state index in [0.717, 1.165) is 0 Å². The number of hydrogen-bond acceptors (Lipinski definition) is 5. The molecule has 8 heteroatoms. The molecule has 1 unspecified atom stereocenters. The molecule has 6 atom stereocenters. The molecule has 4 aliphatic rings. The summed E-state index contributed by atoms with van der Waals surface area (Å²) in [5.41, 5.74) is 0. The number of amides is 3. The van der Waals surface area contributed by atoms with E-state index in [2.05, 4.69) is 6.08 Å². The first-order valence-corrected chi connectivity index (χ1v) is 12.4. The lowest BCUT2D eigenvalue weighted by atomic mass is 9.74. The lowest BCUT2D eigenvalue weighted by molar-refractivity contribution is -0.148. The lowest BCUT2D eigenvalue weighted by Crippen LogP contribution is -2.58. The number of aliphatic hydroxyl groups excluding tert-OH is 1. The maximum absolute atomic E-state index is 14.2.